The molecular weight excluding hydrogens is 286 g/mol. The third kappa shape index (κ3) is 3.53. The van der Waals surface area contributed by atoms with Crippen molar-refractivity contribution in [2.75, 3.05) is 19.6 Å². The summed E-state index contributed by atoms with van der Waals surface area (Å²) in [7, 11) is -3.95. The third-order valence-corrected chi connectivity index (χ3v) is 4.90. The van der Waals surface area contributed by atoms with Crippen molar-refractivity contribution in [2.24, 2.45) is 5.92 Å². The lowest BCUT2D eigenvalue weighted by atomic mass is 10.0. The van der Waals surface area contributed by atoms with Gasteiger partial charge in [0.2, 0.25) is 10.0 Å². The Kier molecular flexibility index (Phi) is 4.72. The highest BCUT2D eigenvalue weighted by Gasteiger charge is 2.22. The van der Waals surface area contributed by atoms with Gasteiger partial charge in [-0.3, -0.25) is 0 Å². The van der Waals surface area contributed by atoms with Crippen molar-refractivity contribution in [2.45, 2.75) is 24.7 Å². The Morgan fingerprint density at radius 1 is 1.35 bits per heavy atom. The van der Waals surface area contributed by atoms with Crippen LogP contribution in [-0.2, 0) is 10.0 Å². The molecule has 1 atom stereocenters. The highest BCUT2D eigenvalue weighted by Crippen LogP contribution is 2.19. The van der Waals surface area contributed by atoms with Gasteiger partial charge in [-0.25, -0.2) is 21.9 Å². The average Bonchev–Trinajstić information content (AvgIpc) is 2.42. The van der Waals surface area contributed by atoms with Gasteiger partial charge in [-0.05, 0) is 50.4 Å². The SMILES string of the molecule is Cc1cc(S(=O)(=O)NC[C@H]2CCCNC2)c(F)cc1F. The molecule has 20 heavy (non-hydrogen) atoms. The van der Waals surface area contributed by atoms with Crippen molar-refractivity contribution in [3.8, 4) is 0 Å². The van der Waals surface area contributed by atoms with Crippen molar-refractivity contribution < 1.29 is 17.2 Å². The molecule has 0 bridgehead atoms. The zero-order valence-electron chi connectivity index (χ0n) is 11.2. The molecule has 0 unspecified atom stereocenters. The summed E-state index contributed by atoms with van der Waals surface area (Å²) in [6.07, 6.45) is 1.93. The third-order valence-electron chi connectivity index (χ3n) is 3.46. The van der Waals surface area contributed by atoms with Gasteiger partial charge in [0.05, 0.1) is 0 Å². The van der Waals surface area contributed by atoms with Crippen LogP contribution in [0.25, 0.3) is 0 Å². The number of benzene rings is 1. The molecule has 0 saturated carbocycles. The van der Waals surface area contributed by atoms with Gasteiger partial charge in [-0.1, -0.05) is 0 Å². The van der Waals surface area contributed by atoms with Crippen molar-refractivity contribution in [3.63, 3.8) is 0 Å². The molecule has 4 nitrogen and oxygen atoms in total. The average molecular weight is 304 g/mol. The van der Waals surface area contributed by atoms with Crippen LogP contribution in [0.3, 0.4) is 0 Å². The van der Waals surface area contributed by atoms with Crippen LogP contribution in [0.2, 0.25) is 0 Å². The highest BCUT2D eigenvalue weighted by atomic mass is 32.2. The second-order valence-electron chi connectivity index (χ2n) is 5.10. The summed E-state index contributed by atoms with van der Waals surface area (Å²) in [4.78, 5) is -0.500. The van der Waals surface area contributed by atoms with E-state index in [4.69, 9.17) is 0 Å². The van der Waals surface area contributed by atoms with Gasteiger partial charge in [0.15, 0.2) is 0 Å². The molecule has 0 spiro atoms. The first-order chi connectivity index (χ1) is 9.40. The lowest BCUT2D eigenvalue weighted by molar-refractivity contribution is 0.375. The first-order valence-electron chi connectivity index (χ1n) is 6.56. The van der Waals surface area contributed by atoms with E-state index >= 15 is 0 Å². The van der Waals surface area contributed by atoms with E-state index < -0.39 is 26.6 Å². The minimum atomic E-state index is -3.95. The van der Waals surface area contributed by atoms with Crippen molar-refractivity contribution in [1.29, 1.82) is 0 Å². The molecule has 2 rings (SSSR count). The second kappa shape index (κ2) is 6.15. The van der Waals surface area contributed by atoms with Crippen molar-refractivity contribution in [1.82, 2.24) is 10.0 Å². The van der Waals surface area contributed by atoms with E-state index in [1.807, 2.05) is 0 Å². The van der Waals surface area contributed by atoms with E-state index in [-0.39, 0.29) is 18.0 Å². The molecule has 2 N–H and O–H groups in total. The number of sulfonamides is 1. The number of nitrogens with one attached hydrogen (secondary N) is 2. The van der Waals surface area contributed by atoms with Crippen LogP contribution < -0.4 is 10.0 Å². The molecule has 1 aliphatic rings. The quantitative estimate of drug-likeness (QED) is 0.887. The highest BCUT2D eigenvalue weighted by molar-refractivity contribution is 7.89. The van der Waals surface area contributed by atoms with E-state index in [0.717, 1.165) is 32.0 Å². The normalized spacial score (nSPS) is 20.1. The molecule has 1 aromatic carbocycles. The Morgan fingerprint density at radius 2 is 2.10 bits per heavy atom. The maximum absolute atomic E-state index is 13.6. The summed E-state index contributed by atoms with van der Waals surface area (Å²) in [6.45, 7) is 3.34. The number of hydrogen-bond acceptors (Lipinski definition) is 3. The molecule has 0 amide bonds. The zero-order valence-corrected chi connectivity index (χ0v) is 12.1. The zero-order chi connectivity index (χ0) is 14.8. The van der Waals surface area contributed by atoms with Gasteiger partial charge in [-0.2, -0.15) is 0 Å². The van der Waals surface area contributed by atoms with E-state index in [2.05, 4.69) is 10.0 Å². The Balaban J connectivity index is 2.11. The number of rotatable bonds is 4. The number of piperidine rings is 1. The number of aryl methyl sites for hydroxylation is 1. The predicted molar refractivity (Wildman–Crippen MR) is 71.9 cm³/mol. The summed E-state index contributed by atoms with van der Waals surface area (Å²) in [5.41, 5.74) is 0.103. The molecule has 1 fully saturated rings. The summed E-state index contributed by atoms with van der Waals surface area (Å²) >= 11 is 0. The van der Waals surface area contributed by atoms with Gasteiger partial charge in [0.1, 0.15) is 16.5 Å². The van der Waals surface area contributed by atoms with Crippen LogP contribution in [0.15, 0.2) is 17.0 Å². The topological polar surface area (TPSA) is 58.2 Å². The molecule has 0 radical (unpaired) electrons. The largest absolute Gasteiger partial charge is 0.316 e. The lowest BCUT2D eigenvalue weighted by Gasteiger charge is -2.22. The van der Waals surface area contributed by atoms with E-state index in [1.165, 1.54) is 6.92 Å². The van der Waals surface area contributed by atoms with Gasteiger partial charge in [0, 0.05) is 12.6 Å². The van der Waals surface area contributed by atoms with Crippen LogP contribution >= 0.6 is 0 Å². The van der Waals surface area contributed by atoms with Gasteiger partial charge >= 0.3 is 0 Å². The lowest BCUT2D eigenvalue weighted by Crippen LogP contribution is -2.38. The summed E-state index contributed by atoms with van der Waals surface area (Å²) in [6, 6.07) is 1.62. The smallest absolute Gasteiger partial charge is 0.243 e. The van der Waals surface area contributed by atoms with E-state index in [1.54, 1.807) is 0 Å². The first-order valence-corrected chi connectivity index (χ1v) is 8.04. The molecule has 1 saturated heterocycles. The molecule has 0 aromatic heterocycles. The molecule has 1 heterocycles. The second-order valence-corrected chi connectivity index (χ2v) is 6.83. The molecule has 0 aliphatic carbocycles. The fraction of sp³-hybridized carbons (Fsp3) is 0.538. The minimum Gasteiger partial charge on any atom is -0.316 e. The standard InChI is InChI=1S/C13H18F2N2O2S/c1-9-5-13(12(15)6-11(9)14)20(18,19)17-8-10-3-2-4-16-7-10/h5-6,10,16-17H,2-4,7-8H2,1H3/t10-/m0/s1. The molecule has 112 valence electrons. The summed E-state index contributed by atoms with van der Waals surface area (Å²) in [5, 5.41) is 3.18. The van der Waals surface area contributed by atoms with Crippen LogP contribution in [0, 0.1) is 24.5 Å². The Labute approximate surface area is 117 Å². The number of halogens is 2. The monoisotopic (exact) mass is 304 g/mol. The van der Waals surface area contributed by atoms with Gasteiger partial charge < -0.3 is 5.32 Å². The van der Waals surface area contributed by atoms with Crippen molar-refractivity contribution >= 4 is 10.0 Å². The summed E-state index contributed by atoms with van der Waals surface area (Å²) < 4.78 is 53.3. The molecule has 7 heteroatoms. The van der Waals surface area contributed by atoms with Crippen LogP contribution in [0.1, 0.15) is 18.4 Å². The summed E-state index contributed by atoms with van der Waals surface area (Å²) in [5.74, 6) is -1.62. The maximum Gasteiger partial charge on any atom is 0.243 e. The van der Waals surface area contributed by atoms with Crippen LogP contribution in [-0.4, -0.2) is 28.1 Å². The minimum absolute atomic E-state index is 0.103. The Bertz CT molecular complexity index is 584. The van der Waals surface area contributed by atoms with Crippen LogP contribution in [0.4, 0.5) is 8.78 Å². The van der Waals surface area contributed by atoms with Gasteiger partial charge in [0.25, 0.3) is 0 Å². The molecular formula is C13H18F2N2O2S. The van der Waals surface area contributed by atoms with E-state index in [9.17, 15) is 17.2 Å². The van der Waals surface area contributed by atoms with Crippen molar-refractivity contribution in [3.05, 3.63) is 29.3 Å². The fourth-order valence-electron chi connectivity index (χ4n) is 2.24. The number of hydrogen-bond donors (Lipinski definition) is 2. The Morgan fingerprint density at radius 3 is 2.75 bits per heavy atom. The van der Waals surface area contributed by atoms with Crippen LogP contribution in [0.5, 0.6) is 0 Å². The molecule has 1 aliphatic heterocycles. The van der Waals surface area contributed by atoms with E-state index in [0.29, 0.717) is 6.07 Å². The Hall–Kier alpha value is -1.05. The maximum atomic E-state index is 13.6. The fourth-order valence-corrected chi connectivity index (χ4v) is 3.50. The van der Waals surface area contributed by atoms with Gasteiger partial charge in [-0.15, -0.1) is 0 Å². The first kappa shape index (κ1) is 15.3. The predicted octanol–water partition coefficient (Wildman–Crippen LogP) is 1.55. The molecule has 1 aromatic rings.